The van der Waals surface area contributed by atoms with Crippen molar-refractivity contribution in [1.82, 2.24) is 20.2 Å². The van der Waals surface area contributed by atoms with Crippen molar-refractivity contribution in [1.29, 1.82) is 0 Å². The topological polar surface area (TPSA) is 44.0 Å². The normalized spacial score (nSPS) is 17.3. The van der Waals surface area contributed by atoms with E-state index in [1.54, 1.807) is 6.33 Å². The molecule has 1 saturated heterocycles. The molecule has 0 aliphatic carbocycles. The Hall–Kier alpha value is -0.870. The third-order valence-electron chi connectivity index (χ3n) is 2.90. The van der Waals surface area contributed by atoms with E-state index in [1.807, 2.05) is 6.20 Å². The molecule has 0 unspecified atom stereocenters. The van der Waals surface area contributed by atoms with Gasteiger partial charge in [0, 0.05) is 18.4 Å². The quantitative estimate of drug-likeness (QED) is 0.685. The number of aromatic amines is 1. The molecule has 15 heavy (non-hydrogen) atoms. The number of nitrogens with one attached hydrogen (secondary N) is 2. The van der Waals surface area contributed by atoms with Crippen LogP contribution in [-0.4, -0.2) is 41.0 Å². The minimum atomic E-state index is 0.903. The maximum atomic E-state index is 3.98. The average molecular weight is 208 g/mol. The zero-order valence-electron chi connectivity index (χ0n) is 9.21. The second-order valence-corrected chi connectivity index (χ2v) is 4.16. The molecule has 0 spiro atoms. The molecule has 84 valence electrons. The maximum Gasteiger partial charge on any atom is 0.0922 e. The number of likely N-dealkylation sites (tertiary alicyclic amines) is 1. The van der Waals surface area contributed by atoms with Crippen molar-refractivity contribution in [2.45, 2.75) is 25.8 Å². The highest BCUT2D eigenvalue weighted by atomic mass is 15.1. The van der Waals surface area contributed by atoms with Crippen LogP contribution in [0.2, 0.25) is 0 Å². The first-order valence-corrected chi connectivity index (χ1v) is 5.85. The Labute approximate surface area is 91.1 Å². The summed E-state index contributed by atoms with van der Waals surface area (Å²) in [7, 11) is 0. The van der Waals surface area contributed by atoms with Crippen molar-refractivity contribution >= 4 is 0 Å². The van der Waals surface area contributed by atoms with Crippen LogP contribution < -0.4 is 5.32 Å². The number of hydrogen-bond donors (Lipinski definition) is 2. The minimum Gasteiger partial charge on any atom is -0.347 e. The summed E-state index contributed by atoms with van der Waals surface area (Å²) in [6.07, 6.45) is 7.62. The molecule has 1 aliphatic rings. The van der Waals surface area contributed by atoms with E-state index in [9.17, 15) is 0 Å². The Bertz CT molecular complexity index is 252. The number of rotatable bonds is 6. The lowest BCUT2D eigenvalue weighted by atomic mass is 10.3. The lowest BCUT2D eigenvalue weighted by Gasteiger charge is -2.13. The molecule has 0 saturated carbocycles. The molecule has 2 N–H and O–H groups in total. The number of aromatic nitrogens is 2. The van der Waals surface area contributed by atoms with Gasteiger partial charge >= 0.3 is 0 Å². The smallest absolute Gasteiger partial charge is 0.0922 e. The Morgan fingerprint density at radius 2 is 2.27 bits per heavy atom. The second-order valence-electron chi connectivity index (χ2n) is 4.16. The van der Waals surface area contributed by atoms with Gasteiger partial charge in [0.25, 0.3) is 0 Å². The van der Waals surface area contributed by atoms with Crippen LogP contribution in [0.3, 0.4) is 0 Å². The van der Waals surface area contributed by atoms with Crippen molar-refractivity contribution < 1.29 is 0 Å². The summed E-state index contributed by atoms with van der Waals surface area (Å²) in [6, 6.07) is 0. The lowest BCUT2D eigenvalue weighted by molar-refractivity contribution is 0.331. The van der Waals surface area contributed by atoms with Crippen LogP contribution in [0.25, 0.3) is 0 Å². The molecule has 1 fully saturated rings. The molecule has 0 amide bonds. The van der Waals surface area contributed by atoms with E-state index in [4.69, 9.17) is 0 Å². The predicted molar refractivity (Wildman–Crippen MR) is 60.6 cm³/mol. The summed E-state index contributed by atoms with van der Waals surface area (Å²) in [5, 5.41) is 3.41. The van der Waals surface area contributed by atoms with Gasteiger partial charge in [0.2, 0.25) is 0 Å². The number of H-pyrrole nitrogens is 1. The van der Waals surface area contributed by atoms with Crippen LogP contribution in [0.5, 0.6) is 0 Å². The van der Waals surface area contributed by atoms with Crippen LogP contribution in [0.4, 0.5) is 0 Å². The Balaban J connectivity index is 1.48. The summed E-state index contributed by atoms with van der Waals surface area (Å²) in [5.41, 5.74) is 1.16. The van der Waals surface area contributed by atoms with Crippen molar-refractivity contribution in [3.63, 3.8) is 0 Å². The van der Waals surface area contributed by atoms with Crippen molar-refractivity contribution in [3.05, 3.63) is 18.2 Å². The molecular formula is C11H20N4. The van der Waals surface area contributed by atoms with Crippen LogP contribution in [0, 0.1) is 0 Å². The molecule has 0 bridgehead atoms. The molecule has 0 radical (unpaired) electrons. The lowest BCUT2D eigenvalue weighted by Crippen LogP contribution is -2.24. The monoisotopic (exact) mass is 208 g/mol. The van der Waals surface area contributed by atoms with Gasteiger partial charge in [-0.15, -0.1) is 0 Å². The summed E-state index contributed by atoms with van der Waals surface area (Å²) < 4.78 is 0. The van der Waals surface area contributed by atoms with Gasteiger partial charge < -0.3 is 15.2 Å². The fourth-order valence-corrected chi connectivity index (χ4v) is 2.04. The van der Waals surface area contributed by atoms with E-state index in [-0.39, 0.29) is 0 Å². The van der Waals surface area contributed by atoms with E-state index in [2.05, 4.69) is 20.2 Å². The SMILES string of the molecule is c1ncc(CNCCCN2CCCC2)[nH]1. The van der Waals surface area contributed by atoms with E-state index in [0.717, 1.165) is 18.8 Å². The molecule has 1 aliphatic heterocycles. The first kappa shape index (κ1) is 10.6. The maximum absolute atomic E-state index is 3.98. The molecular weight excluding hydrogens is 188 g/mol. The fraction of sp³-hybridized carbons (Fsp3) is 0.727. The molecule has 2 rings (SSSR count). The predicted octanol–water partition coefficient (Wildman–Crippen LogP) is 0.985. The molecule has 1 aromatic heterocycles. The molecule has 0 atom stereocenters. The first-order valence-electron chi connectivity index (χ1n) is 5.85. The Morgan fingerprint density at radius 3 is 3.00 bits per heavy atom. The van der Waals surface area contributed by atoms with Gasteiger partial charge in [-0.25, -0.2) is 4.98 Å². The van der Waals surface area contributed by atoms with Crippen molar-refractivity contribution in [2.24, 2.45) is 0 Å². The van der Waals surface area contributed by atoms with Gasteiger partial charge in [-0.1, -0.05) is 0 Å². The highest BCUT2D eigenvalue weighted by Crippen LogP contribution is 2.06. The zero-order chi connectivity index (χ0) is 10.3. The van der Waals surface area contributed by atoms with Gasteiger partial charge in [0.1, 0.15) is 0 Å². The van der Waals surface area contributed by atoms with Crippen LogP contribution in [0.15, 0.2) is 12.5 Å². The van der Waals surface area contributed by atoms with E-state index < -0.39 is 0 Å². The molecule has 4 nitrogen and oxygen atoms in total. The van der Waals surface area contributed by atoms with Crippen molar-refractivity contribution in [2.75, 3.05) is 26.2 Å². The molecule has 2 heterocycles. The van der Waals surface area contributed by atoms with E-state index in [0.29, 0.717) is 0 Å². The summed E-state index contributed by atoms with van der Waals surface area (Å²) in [4.78, 5) is 9.62. The van der Waals surface area contributed by atoms with Gasteiger partial charge in [-0.2, -0.15) is 0 Å². The minimum absolute atomic E-state index is 0.903. The number of imidazole rings is 1. The standard InChI is InChI=1S/C11H20N4/c1-2-6-15(5-1)7-3-4-12-8-11-9-13-10-14-11/h9-10,12H,1-8H2,(H,13,14). The Kier molecular flexibility index (Phi) is 4.17. The number of nitrogens with zero attached hydrogens (tertiary/aromatic N) is 2. The summed E-state index contributed by atoms with van der Waals surface area (Å²) in [6.45, 7) is 5.85. The van der Waals surface area contributed by atoms with E-state index >= 15 is 0 Å². The fourth-order valence-electron chi connectivity index (χ4n) is 2.04. The molecule has 4 heteroatoms. The summed E-state index contributed by atoms with van der Waals surface area (Å²) in [5.74, 6) is 0. The zero-order valence-corrected chi connectivity index (χ0v) is 9.21. The third kappa shape index (κ3) is 3.64. The highest BCUT2D eigenvalue weighted by Gasteiger charge is 2.09. The average Bonchev–Trinajstić information content (AvgIpc) is 2.88. The molecule has 0 aromatic carbocycles. The molecule has 1 aromatic rings. The number of hydrogen-bond acceptors (Lipinski definition) is 3. The highest BCUT2D eigenvalue weighted by molar-refractivity contribution is 4.92. The van der Waals surface area contributed by atoms with Gasteiger partial charge in [0.15, 0.2) is 0 Å². The third-order valence-corrected chi connectivity index (χ3v) is 2.90. The van der Waals surface area contributed by atoms with Gasteiger partial charge in [-0.05, 0) is 45.4 Å². The van der Waals surface area contributed by atoms with Crippen LogP contribution in [0.1, 0.15) is 25.0 Å². The van der Waals surface area contributed by atoms with Crippen LogP contribution >= 0.6 is 0 Å². The first-order chi connectivity index (χ1) is 7.45. The summed E-state index contributed by atoms with van der Waals surface area (Å²) >= 11 is 0. The van der Waals surface area contributed by atoms with Crippen molar-refractivity contribution in [3.8, 4) is 0 Å². The van der Waals surface area contributed by atoms with Gasteiger partial charge in [0.05, 0.1) is 6.33 Å². The van der Waals surface area contributed by atoms with E-state index in [1.165, 1.54) is 38.9 Å². The Morgan fingerprint density at radius 1 is 1.40 bits per heavy atom. The largest absolute Gasteiger partial charge is 0.347 e. The van der Waals surface area contributed by atoms with Crippen LogP contribution in [-0.2, 0) is 6.54 Å². The second kappa shape index (κ2) is 5.88. The van der Waals surface area contributed by atoms with Gasteiger partial charge in [-0.3, -0.25) is 0 Å².